The first kappa shape index (κ1) is 19.3. The third-order valence-corrected chi connectivity index (χ3v) is 6.32. The number of hydrogen-bond donors (Lipinski definition) is 1. The normalized spacial score (nSPS) is 17.2. The summed E-state index contributed by atoms with van der Waals surface area (Å²) >= 11 is 5.93. The SMILES string of the molecule is O=S(=O)(Cc1cccc(Cl)c1)NCC1(c2ccc(F)cc2)CCOCC1. The van der Waals surface area contributed by atoms with Gasteiger partial charge in [-0.2, -0.15) is 0 Å². The van der Waals surface area contributed by atoms with Crippen LogP contribution in [0.3, 0.4) is 0 Å². The number of nitrogens with one attached hydrogen (secondary N) is 1. The fraction of sp³-hybridized carbons (Fsp3) is 0.368. The first-order valence-electron chi connectivity index (χ1n) is 8.44. The zero-order valence-electron chi connectivity index (χ0n) is 14.3. The molecule has 0 atom stereocenters. The Morgan fingerprint density at radius 1 is 1.12 bits per heavy atom. The van der Waals surface area contributed by atoms with Crippen molar-refractivity contribution in [3.05, 3.63) is 70.5 Å². The Kier molecular flexibility index (Phi) is 5.97. The summed E-state index contributed by atoms with van der Waals surface area (Å²) in [6, 6.07) is 13.1. The maximum Gasteiger partial charge on any atom is 0.215 e. The van der Waals surface area contributed by atoms with Crippen molar-refractivity contribution in [2.24, 2.45) is 0 Å². The van der Waals surface area contributed by atoms with Crippen molar-refractivity contribution < 1.29 is 17.5 Å². The molecule has 140 valence electrons. The van der Waals surface area contributed by atoms with Gasteiger partial charge in [-0.1, -0.05) is 35.9 Å². The first-order chi connectivity index (χ1) is 12.4. The molecule has 0 aliphatic carbocycles. The number of halogens is 2. The molecular weight excluding hydrogens is 377 g/mol. The minimum Gasteiger partial charge on any atom is -0.381 e. The second kappa shape index (κ2) is 8.05. The molecule has 1 saturated heterocycles. The predicted octanol–water partition coefficient (Wildman–Crippen LogP) is 3.65. The molecule has 1 fully saturated rings. The highest BCUT2D eigenvalue weighted by atomic mass is 35.5. The maximum absolute atomic E-state index is 13.3. The van der Waals surface area contributed by atoms with E-state index >= 15 is 0 Å². The lowest BCUT2D eigenvalue weighted by atomic mass is 9.74. The van der Waals surface area contributed by atoms with Crippen molar-refractivity contribution in [2.75, 3.05) is 19.8 Å². The molecule has 2 aromatic carbocycles. The van der Waals surface area contributed by atoms with Crippen molar-refractivity contribution in [1.82, 2.24) is 4.72 Å². The van der Waals surface area contributed by atoms with Gasteiger partial charge in [0.15, 0.2) is 0 Å². The predicted molar refractivity (Wildman–Crippen MR) is 100 cm³/mol. The van der Waals surface area contributed by atoms with Gasteiger partial charge in [-0.25, -0.2) is 17.5 Å². The van der Waals surface area contributed by atoms with Crippen molar-refractivity contribution in [2.45, 2.75) is 24.0 Å². The molecule has 1 aliphatic heterocycles. The van der Waals surface area contributed by atoms with Crippen LogP contribution in [0.2, 0.25) is 5.02 Å². The molecule has 0 saturated carbocycles. The van der Waals surface area contributed by atoms with Crippen LogP contribution in [-0.4, -0.2) is 28.2 Å². The quantitative estimate of drug-likeness (QED) is 0.809. The van der Waals surface area contributed by atoms with E-state index in [9.17, 15) is 12.8 Å². The lowest BCUT2D eigenvalue weighted by Crippen LogP contribution is -2.44. The number of hydrogen-bond acceptors (Lipinski definition) is 3. The van der Waals surface area contributed by atoms with Crippen molar-refractivity contribution in [3.63, 3.8) is 0 Å². The van der Waals surface area contributed by atoms with Gasteiger partial charge >= 0.3 is 0 Å². The zero-order chi connectivity index (χ0) is 18.6. The van der Waals surface area contributed by atoms with Gasteiger partial charge in [0, 0.05) is 30.2 Å². The molecule has 3 rings (SSSR count). The van der Waals surface area contributed by atoms with E-state index in [1.165, 1.54) is 12.1 Å². The molecule has 1 N–H and O–H groups in total. The Bertz CT molecular complexity index is 849. The van der Waals surface area contributed by atoms with Gasteiger partial charge in [-0.05, 0) is 48.2 Å². The molecule has 0 amide bonds. The number of ether oxygens (including phenoxy) is 1. The molecule has 26 heavy (non-hydrogen) atoms. The summed E-state index contributed by atoms with van der Waals surface area (Å²) in [6.45, 7) is 1.35. The number of rotatable bonds is 6. The summed E-state index contributed by atoms with van der Waals surface area (Å²) in [5.41, 5.74) is 1.16. The lowest BCUT2D eigenvalue weighted by Gasteiger charge is -2.38. The molecule has 0 aromatic heterocycles. The molecular formula is C19H21ClFNO3S. The molecule has 0 unspecified atom stereocenters. The van der Waals surface area contributed by atoms with E-state index in [0.29, 0.717) is 36.6 Å². The number of benzene rings is 2. The molecule has 0 spiro atoms. The van der Waals surface area contributed by atoms with E-state index in [2.05, 4.69) is 4.72 Å². The largest absolute Gasteiger partial charge is 0.381 e. The van der Waals surface area contributed by atoms with E-state index in [-0.39, 0.29) is 18.1 Å². The highest BCUT2D eigenvalue weighted by molar-refractivity contribution is 7.88. The summed E-state index contributed by atoms with van der Waals surface area (Å²) in [5.74, 6) is -0.443. The van der Waals surface area contributed by atoms with Crippen molar-refractivity contribution >= 4 is 21.6 Å². The minimum absolute atomic E-state index is 0.135. The Balaban J connectivity index is 1.76. The Labute approximate surface area is 158 Å². The minimum atomic E-state index is -3.53. The van der Waals surface area contributed by atoms with Gasteiger partial charge in [-0.3, -0.25) is 0 Å². The molecule has 1 heterocycles. The van der Waals surface area contributed by atoms with Crippen LogP contribution in [0.15, 0.2) is 48.5 Å². The average molecular weight is 398 g/mol. The van der Waals surface area contributed by atoms with Crippen LogP contribution in [0.25, 0.3) is 0 Å². The van der Waals surface area contributed by atoms with Crippen LogP contribution in [0.4, 0.5) is 4.39 Å². The molecule has 7 heteroatoms. The fourth-order valence-electron chi connectivity index (χ4n) is 3.28. The van der Waals surface area contributed by atoms with Crippen LogP contribution >= 0.6 is 11.6 Å². The van der Waals surface area contributed by atoms with Gasteiger partial charge < -0.3 is 4.74 Å². The summed E-state index contributed by atoms with van der Waals surface area (Å²) in [5, 5.41) is 0.505. The highest BCUT2D eigenvalue weighted by Gasteiger charge is 2.35. The van der Waals surface area contributed by atoms with Gasteiger partial charge in [0.25, 0.3) is 0 Å². The van der Waals surface area contributed by atoms with Crippen LogP contribution in [-0.2, 0) is 25.9 Å². The Hall–Kier alpha value is -1.47. The summed E-state index contributed by atoms with van der Waals surface area (Å²) in [7, 11) is -3.53. The topological polar surface area (TPSA) is 55.4 Å². The molecule has 0 bridgehead atoms. The third-order valence-electron chi connectivity index (χ3n) is 4.78. The third kappa shape index (κ3) is 4.82. The average Bonchev–Trinajstić information content (AvgIpc) is 2.61. The van der Waals surface area contributed by atoms with Gasteiger partial charge in [0.2, 0.25) is 10.0 Å². The summed E-state index contributed by atoms with van der Waals surface area (Å²) in [4.78, 5) is 0. The molecule has 0 radical (unpaired) electrons. The van der Waals surface area contributed by atoms with Crippen LogP contribution < -0.4 is 4.72 Å². The van der Waals surface area contributed by atoms with Gasteiger partial charge in [0.05, 0.1) is 5.75 Å². The monoisotopic (exact) mass is 397 g/mol. The second-order valence-corrected chi connectivity index (χ2v) is 8.85. The molecule has 2 aromatic rings. The highest BCUT2D eigenvalue weighted by Crippen LogP contribution is 2.34. The molecule has 4 nitrogen and oxygen atoms in total. The van der Waals surface area contributed by atoms with Crippen LogP contribution in [0.1, 0.15) is 24.0 Å². The standard InChI is InChI=1S/C19H21ClFNO3S/c20-17-3-1-2-15(12-17)13-26(23,24)22-14-19(8-10-25-11-9-19)16-4-6-18(21)7-5-16/h1-7,12,22H,8-11,13-14H2. The van der Waals surface area contributed by atoms with E-state index in [4.69, 9.17) is 16.3 Å². The Morgan fingerprint density at radius 3 is 2.46 bits per heavy atom. The zero-order valence-corrected chi connectivity index (χ0v) is 15.8. The summed E-state index contributed by atoms with van der Waals surface area (Å²) < 4.78 is 46.5. The lowest BCUT2D eigenvalue weighted by molar-refractivity contribution is 0.0517. The summed E-state index contributed by atoms with van der Waals surface area (Å²) in [6.07, 6.45) is 1.36. The first-order valence-corrected chi connectivity index (χ1v) is 10.5. The second-order valence-electron chi connectivity index (χ2n) is 6.61. The van der Waals surface area contributed by atoms with Crippen molar-refractivity contribution in [3.8, 4) is 0 Å². The number of sulfonamides is 1. The van der Waals surface area contributed by atoms with E-state index in [1.807, 2.05) is 0 Å². The van der Waals surface area contributed by atoms with Crippen LogP contribution in [0.5, 0.6) is 0 Å². The molecule has 1 aliphatic rings. The van der Waals surface area contributed by atoms with Crippen molar-refractivity contribution in [1.29, 1.82) is 0 Å². The van der Waals surface area contributed by atoms with E-state index in [0.717, 1.165) is 5.56 Å². The smallest absolute Gasteiger partial charge is 0.215 e. The maximum atomic E-state index is 13.3. The van der Waals surface area contributed by atoms with Gasteiger partial charge in [-0.15, -0.1) is 0 Å². The van der Waals surface area contributed by atoms with E-state index in [1.54, 1.807) is 36.4 Å². The Morgan fingerprint density at radius 2 is 1.81 bits per heavy atom. The van der Waals surface area contributed by atoms with E-state index < -0.39 is 15.4 Å². The fourth-order valence-corrected chi connectivity index (χ4v) is 4.71. The van der Waals surface area contributed by atoms with Crippen LogP contribution in [0, 0.1) is 5.82 Å². The van der Waals surface area contributed by atoms with Gasteiger partial charge in [0.1, 0.15) is 5.82 Å².